The molecule has 1 heterocycles. The van der Waals surface area contributed by atoms with Gasteiger partial charge in [-0.3, -0.25) is 4.79 Å². The van der Waals surface area contributed by atoms with E-state index in [0.717, 1.165) is 12.1 Å². The molecule has 1 saturated heterocycles. The Hall–Kier alpha value is -2.01. The zero-order chi connectivity index (χ0) is 15.2. The minimum atomic E-state index is -0.751. The molecular weight excluding hydrogens is 270 g/mol. The van der Waals surface area contributed by atoms with Crippen molar-refractivity contribution in [2.75, 3.05) is 20.3 Å². The molecule has 5 nitrogen and oxygen atoms in total. The van der Waals surface area contributed by atoms with E-state index < -0.39 is 5.97 Å². The Morgan fingerprint density at radius 2 is 2.29 bits per heavy atom. The minimum absolute atomic E-state index is 0.125. The lowest BCUT2D eigenvalue weighted by atomic mass is 10.00. The molecule has 0 aliphatic carbocycles. The fraction of sp³-hybridized carbons (Fsp3) is 0.438. The third kappa shape index (κ3) is 3.76. The molecule has 0 bridgehead atoms. The molecule has 1 aliphatic heterocycles. The number of carboxylic acid groups (broad SMARTS) is 1. The van der Waals surface area contributed by atoms with Gasteiger partial charge < -0.3 is 19.9 Å². The molecule has 0 aromatic heterocycles. The van der Waals surface area contributed by atoms with E-state index in [1.54, 1.807) is 7.11 Å². The van der Waals surface area contributed by atoms with Crippen LogP contribution in [0, 0.1) is 5.92 Å². The fourth-order valence-electron chi connectivity index (χ4n) is 2.48. The molecule has 1 aromatic rings. The van der Waals surface area contributed by atoms with E-state index in [2.05, 4.69) is 5.32 Å². The van der Waals surface area contributed by atoms with Crippen LogP contribution >= 0.6 is 0 Å². The predicted octanol–water partition coefficient (Wildman–Crippen LogP) is 2.17. The standard InChI is InChI=1S/C16H21NO4/c1-3-21-14-7-5-11(10-15(14)20-2)4-6-13-12(16(18)19)8-9-17-13/h4-7,10,12-13,17H,3,8-9H2,1-2H3,(H,18,19)/b6-4+. The van der Waals surface area contributed by atoms with Crippen LogP contribution in [0.5, 0.6) is 11.5 Å². The summed E-state index contributed by atoms with van der Waals surface area (Å²) >= 11 is 0. The van der Waals surface area contributed by atoms with E-state index in [9.17, 15) is 4.79 Å². The number of rotatable bonds is 6. The number of hydrogen-bond donors (Lipinski definition) is 2. The van der Waals surface area contributed by atoms with Gasteiger partial charge in [-0.2, -0.15) is 0 Å². The van der Waals surface area contributed by atoms with Gasteiger partial charge in [-0.15, -0.1) is 0 Å². The minimum Gasteiger partial charge on any atom is -0.493 e. The Labute approximate surface area is 124 Å². The van der Waals surface area contributed by atoms with Crippen molar-refractivity contribution < 1.29 is 19.4 Å². The molecule has 5 heteroatoms. The summed E-state index contributed by atoms with van der Waals surface area (Å²) in [5, 5.41) is 12.3. The van der Waals surface area contributed by atoms with Crippen LogP contribution in [0.4, 0.5) is 0 Å². The van der Waals surface area contributed by atoms with Gasteiger partial charge in [0.2, 0.25) is 0 Å². The Bertz CT molecular complexity index is 527. The first-order valence-electron chi connectivity index (χ1n) is 7.11. The second-order valence-electron chi connectivity index (χ2n) is 4.92. The number of benzene rings is 1. The third-order valence-electron chi connectivity index (χ3n) is 3.57. The molecule has 0 saturated carbocycles. The normalized spacial score (nSPS) is 21.6. The zero-order valence-electron chi connectivity index (χ0n) is 12.3. The Kier molecular flexibility index (Phi) is 5.22. The number of carboxylic acids is 1. The second kappa shape index (κ2) is 7.13. The van der Waals surface area contributed by atoms with Crippen molar-refractivity contribution in [1.29, 1.82) is 0 Å². The van der Waals surface area contributed by atoms with E-state index in [4.69, 9.17) is 14.6 Å². The smallest absolute Gasteiger partial charge is 0.308 e. The van der Waals surface area contributed by atoms with Crippen molar-refractivity contribution in [3.05, 3.63) is 29.8 Å². The molecule has 1 fully saturated rings. The Balaban J connectivity index is 2.12. The van der Waals surface area contributed by atoms with Gasteiger partial charge in [0.15, 0.2) is 11.5 Å². The van der Waals surface area contributed by atoms with Crippen LogP contribution in [0.2, 0.25) is 0 Å². The molecule has 0 spiro atoms. The predicted molar refractivity (Wildman–Crippen MR) is 80.7 cm³/mol. The third-order valence-corrected chi connectivity index (χ3v) is 3.57. The van der Waals surface area contributed by atoms with Crippen LogP contribution in [-0.2, 0) is 4.79 Å². The summed E-state index contributed by atoms with van der Waals surface area (Å²) in [4.78, 5) is 11.1. The van der Waals surface area contributed by atoms with Gasteiger partial charge in [0.25, 0.3) is 0 Å². The molecule has 2 unspecified atom stereocenters. The summed E-state index contributed by atoms with van der Waals surface area (Å²) in [5.74, 6) is 0.275. The van der Waals surface area contributed by atoms with E-state index in [-0.39, 0.29) is 12.0 Å². The van der Waals surface area contributed by atoms with E-state index >= 15 is 0 Å². The summed E-state index contributed by atoms with van der Waals surface area (Å²) in [6.45, 7) is 3.24. The van der Waals surface area contributed by atoms with Crippen LogP contribution in [0.25, 0.3) is 6.08 Å². The number of carbonyl (C=O) groups is 1. The van der Waals surface area contributed by atoms with Crippen molar-refractivity contribution in [3.8, 4) is 11.5 Å². The van der Waals surface area contributed by atoms with Gasteiger partial charge in [-0.05, 0) is 37.6 Å². The number of aliphatic carboxylic acids is 1. The zero-order valence-corrected chi connectivity index (χ0v) is 12.3. The summed E-state index contributed by atoms with van der Waals surface area (Å²) < 4.78 is 10.8. The lowest BCUT2D eigenvalue weighted by Gasteiger charge is -2.12. The maximum absolute atomic E-state index is 11.1. The van der Waals surface area contributed by atoms with Crippen molar-refractivity contribution in [1.82, 2.24) is 5.32 Å². The second-order valence-corrected chi connectivity index (χ2v) is 4.92. The molecule has 114 valence electrons. The van der Waals surface area contributed by atoms with Gasteiger partial charge in [-0.25, -0.2) is 0 Å². The molecule has 2 N–H and O–H groups in total. The number of hydrogen-bond acceptors (Lipinski definition) is 4. The average Bonchev–Trinajstić information content (AvgIpc) is 2.95. The highest BCUT2D eigenvalue weighted by atomic mass is 16.5. The monoisotopic (exact) mass is 291 g/mol. The van der Waals surface area contributed by atoms with Gasteiger partial charge in [0.1, 0.15) is 0 Å². The number of methoxy groups -OCH3 is 1. The quantitative estimate of drug-likeness (QED) is 0.840. The molecule has 21 heavy (non-hydrogen) atoms. The van der Waals surface area contributed by atoms with E-state index in [1.165, 1.54) is 0 Å². The lowest BCUT2D eigenvalue weighted by molar-refractivity contribution is -0.141. The molecule has 0 radical (unpaired) electrons. The fourth-order valence-corrected chi connectivity index (χ4v) is 2.48. The van der Waals surface area contributed by atoms with Gasteiger partial charge >= 0.3 is 5.97 Å². The van der Waals surface area contributed by atoms with Crippen LogP contribution in [0.15, 0.2) is 24.3 Å². The van der Waals surface area contributed by atoms with Crippen LogP contribution < -0.4 is 14.8 Å². The SMILES string of the molecule is CCOc1ccc(/C=C/C2NCCC2C(=O)O)cc1OC. The van der Waals surface area contributed by atoms with Crippen LogP contribution in [0.3, 0.4) is 0 Å². The van der Waals surface area contributed by atoms with Crippen molar-refractivity contribution in [2.45, 2.75) is 19.4 Å². The number of nitrogens with one attached hydrogen (secondary N) is 1. The van der Waals surface area contributed by atoms with Gasteiger partial charge in [0.05, 0.1) is 19.6 Å². The maximum atomic E-state index is 11.1. The highest BCUT2D eigenvalue weighted by molar-refractivity contribution is 5.72. The molecular formula is C16H21NO4. The maximum Gasteiger partial charge on any atom is 0.308 e. The van der Waals surface area contributed by atoms with Crippen molar-refractivity contribution in [2.24, 2.45) is 5.92 Å². The van der Waals surface area contributed by atoms with Crippen LogP contribution in [0.1, 0.15) is 18.9 Å². The Morgan fingerprint density at radius 3 is 2.95 bits per heavy atom. The Morgan fingerprint density at radius 1 is 1.48 bits per heavy atom. The summed E-state index contributed by atoms with van der Waals surface area (Å²) in [7, 11) is 1.60. The van der Waals surface area contributed by atoms with E-state index in [0.29, 0.717) is 24.5 Å². The first-order valence-corrected chi connectivity index (χ1v) is 7.11. The molecule has 1 aliphatic rings. The van der Waals surface area contributed by atoms with Gasteiger partial charge in [0, 0.05) is 6.04 Å². The van der Waals surface area contributed by atoms with Gasteiger partial charge in [-0.1, -0.05) is 18.2 Å². The average molecular weight is 291 g/mol. The van der Waals surface area contributed by atoms with Crippen molar-refractivity contribution in [3.63, 3.8) is 0 Å². The topological polar surface area (TPSA) is 67.8 Å². The highest BCUT2D eigenvalue weighted by Gasteiger charge is 2.30. The first-order chi connectivity index (χ1) is 10.2. The largest absolute Gasteiger partial charge is 0.493 e. The summed E-state index contributed by atoms with van der Waals surface area (Å²) in [6, 6.07) is 5.54. The highest BCUT2D eigenvalue weighted by Crippen LogP contribution is 2.28. The van der Waals surface area contributed by atoms with Crippen molar-refractivity contribution >= 4 is 12.0 Å². The molecule has 1 aromatic carbocycles. The first kappa shape index (κ1) is 15.4. The molecule has 0 amide bonds. The van der Waals surface area contributed by atoms with Crippen LogP contribution in [-0.4, -0.2) is 37.4 Å². The molecule has 2 rings (SSSR count). The molecule has 2 atom stereocenters. The summed E-state index contributed by atoms with van der Waals surface area (Å²) in [5.41, 5.74) is 0.952. The number of ether oxygens (including phenoxy) is 2. The van der Waals surface area contributed by atoms with E-state index in [1.807, 2.05) is 37.3 Å². The summed E-state index contributed by atoms with van der Waals surface area (Å²) in [6.07, 6.45) is 4.48. The lowest BCUT2D eigenvalue weighted by Crippen LogP contribution is -2.29.